The molecule has 1 fully saturated rings. The molecule has 0 bridgehead atoms. The number of phenols is 1. The van der Waals surface area contributed by atoms with E-state index in [1.165, 1.54) is 16.5 Å². The zero-order valence-corrected chi connectivity index (χ0v) is 14.9. The molecule has 0 aliphatic carbocycles. The number of hydrogen-bond donors (Lipinski definition) is 1. The number of likely N-dealkylation sites (tertiary alicyclic amines) is 1. The van der Waals surface area contributed by atoms with Gasteiger partial charge in [-0.15, -0.1) is 0 Å². The maximum atomic E-state index is 12.6. The van der Waals surface area contributed by atoms with Crippen molar-refractivity contribution in [3.05, 3.63) is 70.8 Å². The van der Waals surface area contributed by atoms with E-state index in [0.717, 1.165) is 12.8 Å². The number of aromatic nitrogens is 2. The molecule has 1 aliphatic rings. The first-order valence-corrected chi connectivity index (χ1v) is 9.13. The lowest BCUT2D eigenvalue weighted by atomic mass is 9.89. The summed E-state index contributed by atoms with van der Waals surface area (Å²) in [7, 11) is 0. The molecule has 1 saturated heterocycles. The van der Waals surface area contributed by atoms with E-state index < -0.39 is 0 Å². The lowest BCUT2D eigenvalue weighted by Crippen LogP contribution is -2.41. The Morgan fingerprint density at radius 1 is 1.07 bits per heavy atom. The van der Waals surface area contributed by atoms with Gasteiger partial charge < -0.3 is 10.0 Å². The molecule has 27 heavy (non-hydrogen) atoms. The summed E-state index contributed by atoms with van der Waals surface area (Å²) in [5, 5.41) is 9.94. The van der Waals surface area contributed by atoms with Gasteiger partial charge in [0.2, 0.25) is 5.91 Å². The van der Waals surface area contributed by atoms with Crippen LogP contribution in [-0.4, -0.2) is 38.6 Å². The van der Waals surface area contributed by atoms with E-state index in [1.54, 1.807) is 30.3 Å². The SMILES string of the molecule is O=C(Cn1cnc2ccccc2c1=O)N1CCC(c2ccc(O)cc2)CC1. The monoisotopic (exact) mass is 363 g/mol. The van der Waals surface area contributed by atoms with E-state index in [0.29, 0.717) is 29.9 Å². The molecule has 0 spiro atoms. The molecule has 1 amide bonds. The van der Waals surface area contributed by atoms with Crippen molar-refractivity contribution in [2.45, 2.75) is 25.3 Å². The number of para-hydroxylation sites is 1. The van der Waals surface area contributed by atoms with Crippen LogP contribution in [-0.2, 0) is 11.3 Å². The Labute approximate surface area is 156 Å². The van der Waals surface area contributed by atoms with E-state index in [2.05, 4.69) is 4.98 Å². The summed E-state index contributed by atoms with van der Waals surface area (Å²) in [5.41, 5.74) is 1.64. The molecular formula is C21H21N3O3. The molecule has 0 saturated carbocycles. The Balaban J connectivity index is 1.42. The quantitative estimate of drug-likeness (QED) is 0.776. The van der Waals surface area contributed by atoms with Crippen molar-refractivity contribution in [1.82, 2.24) is 14.5 Å². The van der Waals surface area contributed by atoms with Crippen molar-refractivity contribution >= 4 is 16.8 Å². The zero-order chi connectivity index (χ0) is 18.8. The summed E-state index contributed by atoms with van der Waals surface area (Å²) in [4.78, 5) is 31.3. The second kappa shape index (κ2) is 7.23. The van der Waals surface area contributed by atoms with E-state index in [-0.39, 0.29) is 23.8 Å². The minimum absolute atomic E-state index is 0.0144. The van der Waals surface area contributed by atoms with Gasteiger partial charge in [-0.2, -0.15) is 0 Å². The largest absolute Gasteiger partial charge is 0.508 e. The number of nitrogens with zero attached hydrogens (tertiary/aromatic N) is 3. The van der Waals surface area contributed by atoms with Crippen molar-refractivity contribution in [2.24, 2.45) is 0 Å². The summed E-state index contributed by atoms with van der Waals surface area (Å²) in [6.07, 6.45) is 3.20. The van der Waals surface area contributed by atoms with Crippen LogP contribution in [0.5, 0.6) is 5.75 Å². The van der Waals surface area contributed by atoms with Crippen LogP contribution in [0.4, 0.5) is 0 Å². The van der Waals surface area contributed by atoms with E-state index >= 15 is 0 Å². The number of carbonyl (C=O) groups excluding carboxylic acids is 1. The molecule has 1 aliphatic heterocycles. The highest BCUT2D eigenvalue weighted by atomic mass is 16.3. The third-order valence-corrected chi connectivity index (χ3v) is 5.25. The van der Waals surface area contributed by atoms with Gasteiger partial charge in [0, 0.05) is 13.1 Å². The highest BCUT2D eigenvalue weighted by Gasteiger charge is 2.24. The van der Waals surface area contributed by atoms with E-state index in [9.17, 15) is 14.7 Å². The molecular weight excluding hydrogens is 342 g/mol. The van der Waals surface area contributed by atoms with Crippen molar-refractivity contribution in [3.63, 3.8) is 0 Å². The number of rotatable bonds is 3. The zero-order valence-electron chi connectivity index (χ0n) is 14.9. The van der Waals surface area contributed by atoms with Crippen molar-refractivity contribution < 1.29 is 9.90 Å². The first-order chi connectivity index (χ1) is 13.1. The molecule has 3 aromatic rings. The molecule has 2 heterocycles. The highest BCUT2D eigenvalue weighted by molar-refractivity contribution is 5.79. The Morgan fingerprint density at radius 3 is 2.52 bits per heavy atom. The predicted molar refractivity (Wildman–Crippen MR) is 103 cm³/mol. The fraction of sp³-hybridized carbons (Fsp3) is 0.286. The molecule has 1 aromatic heterocycles. The topological polar surface area (TPSA) is 75.4 Å². The number of phenolic OH excluding ortho intramolecular Hbond substituents is 1. The van der Waals surface area contributed by atoms with Gasteiger partial charge in [0.25, 0.3) is 5.56 Å². The average Bonchev–Trinajstić information content (AvgIpc) is 2.71. The number of carbonyl (C=O) groups is 1. The van der Waals surface area contributed by atoms with E-state index in [4.69, 9.17) is 0 Å². The fourth-order valence-electron chi connectivity index (χ4n) is 3.67. The number of amides is 1. The predicted octanol–water partition coefficient (Wildman–Crippen LogP) is 2.51. The average molecular weight is 363 g/mol. The molecule has 6 nitrogen and oxygen atoms in total. The Kier molecular flexibility index (Phi) is 4.62. The molecule has 0 atom stereocenters. The molecule has 0 unspecified atom stereocenters. The summed E-state index contributed by atoms with van der Waals surface area (Å²) >= 11 is 0. The van der Waals surface area contributed by atoms with Gasteiger partial charge in [0.1, 0.15) is 12.3 Å². The van der Waals surface area contributed by atoms with Crippen LogP contribution < -0.4 is 5.56 Å². The number of fused-ring (bicyclic) bond motifs is 1. The third-order valence-electron chi connectivity index (χ3n) is 5.25. The van der Waals surface area contributed by atoms with Gasteiger partial charge in [-0.1, -0.05) is 24.3 Å². The molecule has 0 radical (unpaired) electrons. The summed E-state index contributed by atoms with van der Waals surface area (Å²) < 4.78 is 1.39. The normalized spacial score (nSPS) is 15.2. The molecule has 4 rings (SSSR count). The highest BCUT2D eigenvalue weighted by Crippen LogP contribution is 2.29. The summed E-state index contributed by atoms with van der Waals surface area (Å²) in [6, 6.07) is 14.4. The van der Waals surface area contributed by atoms with Crippen molar-refractivity contribution in [2.75, 3.05) is 13.1 Å². The lowest BCUT2D eigenvalue weighted by molar-refractivity contribution is -0.132. The lowest BCUT2D eigenvalue weighted by Gasteiger charge is -2.32. The maximum Gasteiger partial charge on any atom is 0.261 e. The van der Waals surface area contributed by atoms with Crippen LogP contribution in [0, 0.1) is 0 Å². The molecule has 6 heteroatoms. The van der Waals surface area contributed by atoms with Gasteiger partial charge >= 0.3 is 0 Å². The van der Waals surface area contributed by atoms with Gasteiger partial charge in [-0.05, 0) is 48.6 Å². The van der Waals surface area contributed by atoms with Gasteiger partial charge in [0.15, 0.2) is 0 Å². The number of aromatic hydroxyl groups is 1. The standard InChI is InChI=1S/C21H21N3O3/c25-17-7-5-15(6-8-17)16-9-11-23(12-10-16)20(26)13-24-14-22-19-4-2-1-3-18(19)21(24)27/h1-8,14,16,25H,9-13H2. The minimum atomic E-state index is -0.187. The van der Waals surface area contributed by atoms with Crippen LogP contribution in [0.2, 0.25) is 0 Å². The molecule has 1 N–H and O–H groups in total. The van der Waals surface area contributed by atoms with Gasteiger partial charge in [-0.3, -0.25) is 14.2 Å². The number of hydrogen-bond acceptors (Lipinski definition) is 4. The Hall–Kier alpha value is -3.15. The first kappa shape index (κ1) is 17.3. The summed E-state index contributed by atoms with van der Waals surface area (Å²) in [6.45, 7) is 1.35. The van der Waals surface area contributed by atoms with Crippen LogP contribution in [0.15, 0.2) is 59.7 Å². The van der Waals surface area contributed by atoms with Crippen LogP contribution in [0.3, 0.4) is 0 Å². The second-order valence-corrected chi connectivity index (χ2v) is 6.94. The first-order valence-electron chi connectivity index (χ1n) is 9.13. The maximum absolute atomic E-state index is 12.6. The van der Waals surface area contributed by atoms with Gasteiger partial charge in [0.05, 0.1) is 17.2 Å². The fourth-order valence-corrected chi connectivity index (χ4v) is 3.67. The molecule has 138 valence electrons. The Bertz CT molecular complexity index is 1020. The molecule has 2 aromatic carbocycles. The summed E-state index contributed by atoms with van der Waals surface area (Å²) in [5.74, 6) is 0.596. The Morgan fingerprint density at radius 2 is 1.78 bits per heavy atom. The minimum Gasteiger partial charge on any atom is -0.508 e. The van der Waals surface area contributed by atoms with E-state index in [1.807, 2.05) is 23.1 Å². The number of benzene rings is 2. The van der Waals surface area contributed by atoms with Crippen LogP contribution >= 0.6 is 0 Å². The van der Waals surface area contributed by atoms with Crippen molar-refractivity contribution in [1.29, 1.82) is 0 Å². The second-order valence-electron chi connectivity index (χ2n) is 6.94. The van der Waals surface area contributed by atoms with Crippen molar-refractivity contribution in [3.8, 4) is 5.75 Å². The van der Waals surface area contributed by atoms with Crippen LogP contribution in [0.1, 0.15) is 24.3 Å². The number of piperidine rings is 1. The van der Waals surface area contributed by atoms with Crippen LogP contribution in [0.25, 0.3) is 10.9 Å². The smallest absolute Gasteiger partial charge is 0.261 e. The van der Waals surface area contributed by atoms with Gasteiger partial charge in [-0.25, -0.2) is 4.98 Å². The third kappa shape index (κ3) is 3.56.